The van der Waals surface area contributed by atoms with Gasteiger partial charge in [0.25, 0.3) is 0 Å². The maximum atomic E-state index is 9.13. The third-order valence-electron chi connectivity index (χ3n) is 1.78. The Balaban J connectivity index is 2.49. The fourth-order valence-corrected chi connectivity index (χ4v) is 1.17. The molecule has 0 radical (unpaired) electrons. The molecule has 4 nitrogen and oxygen atoms in total. The van der Waals surface area contributed by atoms with E-state index >= 15 is 0 Å². The third kappa shape index (κ3) is 1.46. The first-order valence-electron chi connectivity index (χ1n) is 3.46. The summed E-state index contributed by atoms with van der Waals surface area (Å²) >= 11 is 0. The molecule has 60 valence electrons. The van der Waals surface area contributed by atoms with Crippen LogP contribution in [-0.4, -0.2) is 34.8 Å². The van der Waals surface area contributed by atoms with Crippen molar-refractivity contribution < 1.29 is 20.7 Å². The second-order valence-electron chi connectivity index (χ2n) is 2.82. The minimum Gasteiger partial charge on any atom is -0.382 e. The molecule has 0 aliphatic carbocycles. The molecule has 0 bridgehead atoms. The van der Waals surface area contributed by atoms with Crippen molar-refractivity contribution in [3.05, 3.63) is 0 Å². The molecule has 0 amide bonds. The third-order valence-corrected chi connectivity index (χ3v) is 1.78. The van der Waals surface area contributed by atoms with Crippen molar-refractivity contribution >= 4 is 0 Å². The molecule has 1 aliphatic heterocycles. The first kappa shape index (κ1) is 7.94. The lowest BCUT2D eigenvalue weighted by molar-refractivity contribution is -0.466. The van der Waals surface area contributed by atoms with Crippen LogP contribution in [0.4, 0.5) is 0 Å². The number of ether oxygens (including phenoxy) is 1. The molecule has 0 aromatic rings. The Morgan fingerprint density at radius 2 is 2.10 bits per heavy atom. The molecule has 2 unspecified atom stereocenters. The van der Waals surface area contributed by atoms with E-state index in [0.29, 0.717) is 6.42 Å². The van der Waals surface area contributed by atoms with E-state index in [-0.39, 0.29) is 12.1 Å². The van der Waals surface area contributed by atoms with E-state index in [1.807, 2.05) is 6.92 Å². The van der Waals surface area contributed by atoms with Crippen LogP contribution in [0.3, 0.4) is 0 Å². The molecule has 1 aliphatic rings. The molecule has 5 N–H and O–H groups in total. The molecular weight excluding hydrogens is 134 g/mol. The summed E-state index contributed by atoms with van der Waals surface area (Å²) in [5, 5.41) is 18.1. The summed E-state index contributed by atoms with van der Waals surface area (Å²) in [6, 6.07) is -0.112. The largest absolute Gasteiger partial charge is 0.382 e. The Morgan fingerprint density at radius 1 is 1.50 bits per heavy atom. The second-order valence-corrected chi connectivity index (χ2v) is 2.82. The van der Waals surface area contributed by atoms with Gasteiger partial charge in [-0.15, -0.1) is 0 Å². The molecule has 10 heavy (non-hydrogen) atoms. The van der Waals surface area contributed by atoms with E-state index in [2.05, 4.69) is 5.73 Å². The van der Waals surface area contributed by atoms with Crippen LogP contribution in [0.2, 0.25) is 0 Å². The summed E-state index contributed by atoms with van der Waals surface area (Å²) in [6.45, 7) is 1.85. The van der Waals surface area contributed by atoms with Crippen molar-refractivity contribution in [1.29, 1.82) is 0 Å². The van der Waals surface area contributed by atoms with Gasteiger partial charge in [-0.1, -0.05) is 0 Å². The van der Waals surface area contributed by atoms with Gasteiger partial charge in [-0.05, 0) is 6.92 Å². The number of hydrogen-bond acceptors (Lipinski definition) is 3. The van der Waals surface area contributed by atoms with Crippen LogP contribution in [0, 0.1) is 0 Å². The minimum atomic E-state index is -1.05. The Hall–Kier alpha value is -0.160. The van der Waals surface area contributed by atoms with E-state index < -0.39 is 12.4 Å². The number of aliphatic hydroxyl groups is 2. The Kier molecular flexibility index (Phi) is 2.25. The molecule has 4 heteroatoms. The van der Waals surface area contributed by atoms with Gasteiger partial charge in [0.05, 0.1) is 6.10 Å². The van der Waals surface area contributed by atoms with Crippen molar-refractivity contribution in [2.45, 2.75) is 37.9 Å². The summed E-state index contributed by atoms with van der Waals surface area (Å²) in [6.07, 6.45) is -1.17. The quantitative estimate of drug-likeness (QED) is 0.375. The van der Waals surface area contributed by atoms with Gasteiger partial charge in [0, 0.05) is 6.42 Å². The highest BCUT2D eigenvalue weighted by Gasteiger charge is 2.34. The van der Waals surface area contributed by atoms with Crippen LogP contribution >= 0.6 is 0 Å². The SMILES string of the molecule is C[C@@H]1CC([NH3+])C(O)[C@@H](O)O1. The molecule has 0 spiro atoms. The number of aliphatic hydroxyl groups excluding tert-OH is 2. The van der Waals surface area contributed by atoms with Crippen LogP contribution in [-0.2, 0) is 4.74 Å². The van der Waals surface area contributed by atoms with Crippen LogP contribution in [0.5, 0.6) is 0 Å². The first-order chi connectivity index (χ1) is 4.61. The summed E-state index contributed by atoms with van der Waals surface area (Å²) in [4.78, 5) is 0. The lowest BCUT2D eigenvalue weighted by Gasteiger charge is -2.30. The summed E-state index contributed by atoms with van der Waals surface area (Å²) in [5.41, 5.74) is 3.69. The van der Waals surface area contributed by atoms with E-state index in [0.717, 1.165) is 0 Å². The highest BCUT2D eigenvalue weighted by atomic mass is 16.6. The van der Waals surface area contributed by atoms with Gasteiger partial charge in [-0.25, -0.2) is 0 Å². The first-order valence-corrected chi connectivity index (χ1v) is 3.46. The normalized spacial score (nSPS) is 49.2. The second kappa shape index (κ2) is 2.84. The zero-order valence-corrected chi connectivity index (χ0v) is 6.03. The van der Waals surface area contributed by atoms with Gasteiger partial charge in [-0.2, -0.15) is 0 Å². The van der Waals surface area contributed by atoms with Crippen LogP contribution in [0.1, 0.15) is 13.3 Å². The molecule has 1 fully saturated rings. The summed E-state index contributed by atoms with van der Waals surface area (Å²) < 4.78 is 4.93. The van der Waals surface area contributed by atoms with E-state index in [1.165, 1.54) is 0 Å². The molecular formula is C6H14NO3+. The van der Waals surface area contributed by atoms with Crippen LogP contribution < -0.4 is 5.73 Å². The van der Waals surface area contributed by atoms with Gasteiger partial charge in [-0.3, -0.25) is 0 Å². The van der Waals surface area contributed by atoms with Gasteiger partial charge in [0.1, 0.15) is 6.04 Å². The maximum Gasteiger partial charge on any atom is 0.187 e. The molecule has 1 heterocycles. The maximum absolute atomic E-state index is 9.13. The Bertz CT molecular complexity index is 108. The van der Waals surface area contributed by atoms with Gasteiger partial charge < -0.3 is 20.7 Å². The average molecular weight is 148 g/mol. The van der Waals surface area contributed by atoms with E-state index in [1.54, 1.807) is 0 Å². The highest BCUT2D eigenvalue weighted by Crippen LogP contribution is 2.15. The van der Waals surface area contributed by atoms with Gasteiger partial charge in [0.15, 0.2) is 12.4 Å². The molecule has 1 saturated heterocycles. The monoisotopic (exact) mass is 148 g/mol. The average Bonchev–Trinajstić information content (AvgIpc) is 1.82. The lowest BCUT2D eigenvalue weighted by Crippen LogP contribution is -2.71. The topological polar surface area (TPSA) is 77.3 Å². The predicted molar refractivity (Wildman–Crippen MR) is 33.9 cm³/mol. The zero-order chi connectivity index (χ0) is 7.72. The Labute approximate surface area is 59.6 Å². The van der Waals surface area contributed by atoms with E-state index in [4.69, 9.17) is 14.9 Å². The molecule has 1 rings (SSSR count). The number of hydrogen-bond donors (Lipinski definition) is 3. The zero-order valence-electron chi connectivity index (χ0n) is 6.03. The fourth-order valence-electron chi connectivity index (χ4n) is 1.17. The highest BCUT2D eigenvalue weighted by molar-refractivity contribution is 4.76. The predicted octanol–water partition coefficient (Wildman–Crippen LogP) is -1.91. The molecule has 0 aromatic heterocycles. The summed E-state index contributed by atoms with van der Waals surface area (Å²) in [5.74, 6) is 0. The lowest BCUT2D eigenvalue weighted by atomic mass is 10.0. The van der Waals surface area contributed by atoms with Crippen LogP contribution in [0.15, 0.2) is 0 Å². The van der Waals surface area contributed by atoms with Crippen LogP contribution in [0.25, 0.3) is 0 Å². The summed E-state index contributed by atoms with van der Waals surface area (Å²) in [7, 11) is 0. The molecule has 0 saturated carbocycles. The van der Waals surface area contributed by atoms with Gasteiger partial charge >= 0.3 is 0 Å². The van der Waals surface area contributed by atoms with Gasteiger partial charge in [0.2, 0.25) is 0 Å². The van der Waals surface area contributed by atoms with Crippen molar-refractivity contribution in [2.24, 2.45) is 0 Å². The minimum absolute atomic E-state index is 0.000833. The smallest absolute Gasteiger partial charge is 0.187 e. The molecule has 0 aromatic carbocycles. The standard InChI is InChI=1S/C6H13NO3/c1-3-2-4(7)5(8)6(9)10-3/h3-6,8-9H,2,7H2,1H3/p+1/t3-,4?,5?,6+/m1/s1. The van der Waals surface area contributed by atoms with E-state index in [9.17, 15) is 0 Å². The fraction of sp³-hybridized carbons (Fsp3) is 1.00. The van der Waals surface area contributed by atoms with Crippen molar-refractivity contribution in [1.82, 2.24) is 0 Å². The van der Waals surface area contributed by atoms with Crippen molar-refractivity contribution in [3.8, 4) is 0 Å². The molecule has 4 atom stereocenters. The Morgan fingerprint density at radius 3 is 2.60 bits per heavy atom. The van der Waals surface area contributed by atoms with Crippen molar-refractivity contribution in [3.63, 3.8) is 0 Å². The number of rotatable bonds is 0. The number of quaternary nitrogens is 1. The van der Waals surface area contributed by atoms with Crippen molar-refractivity contribution in [2.75, 3.05) is 0 Å².